The fourth-order valence-corrected chi connectivity index (χ4v) is 3.06. The number of nitrogens with two attached hydrogens (primary N) is 1. The molecule has 1 aliphatic heterocycles. The van der Waals surface area contributed by atoms with Gasteiger partial charge in [0.2, 0.25) is 5.91 Å². The lowest BCUT2D eigenvalue weighted by Gasteiger charge is -2.35. The van der Waals surface area contributed by atoms with Gasteiger partial charge in [-0.05, 0) is 26.3 Å². The van der Waals surface area contributed by atoms with Crippen LogP contribution in [-0.2, 0) is 11.3 Å². The minimum absolute atomic E-state index is 0.0355. The molecule has 2 heterocycles. The van der Waals surface area contributed by atoms with Gasteiger partial charge in [0.15, 0.2) is 0 Å². The van der Waals surface area contributed by atoms with E-state index in [2.05, 4.69) is 15.2 Å². The van der Waals surface area contributed by atoms with Crippen molar-refractivity contribution in [2.24, 2.45) is 5.73 Å². The average Bonchev–Trinajstić information content (AvgIpc) is 2.53. The predicted molar refractivity (Wildman–Crippen MR) is 90.3 cm³/mol. The molecule has 1 fully saturated rings. The summed E-state index contributed by atoms with van der Waals surface area (Å²) in [7, 11) is 1.68. The molecule has 6 nitrogen and oxygen atoms in total. The van der Waals surface area contributed by atoms with Crippen molar-refractivity contribution in [1.29, 1.82) is 0 Å². The van der Waals surface area contributed by atoms with Gasteiger partial charge in [-0.1, -0.05) is 6.42 Å². The second kappa shape index (κ2) is 8.84. The van der Waals surface area contributed by atoms with Gasteiger partial charge in [0.05, 0.1) is 12.8 Å². The summed E-state index contributed by atoms with van der Waals surface area (Å²) < 4.78 is 5.33. The number of methoxy groups -OCH3 is 1. The Morgan fingerprint density at radius 3 is 3.04 bits per heavy atom. The summed E-state index contributed by atoms with van der Waals surface area (Å²) in [6, 6.07) is 4.29. The molecule has 1 saturated heterocycles. The van der Waals surface area contributed by atoms with Crippen LogP contribution in [-0.4, -0.2) is 48.6 Å². The van der Waals surface area contributed by atoms with E-state index in [1.165, 1.54) is 12.8 Å². The van der Waals surface area contributed by atoms with Crippen LogP contribution in [0.3, 0.4) is 0 Å². The maximum absolute atomic E-state index is 11.6. The molecule has 0 aromatic carbocycles. The third kappa shape index (κ3) is 5.48. The summed E-state index contributed by atoms with van der Waals surface area (Å²) in [5.41, 5.74) is 7.40. The quantitative estimate of drug-likeness (QED) is 0.789. The van der Waals surface area contributed by atoms with Crippen LogP contribution in [0.2, 0.25) is 0 Å². The van der Waals surface area contributed by atoms with Crippen molar-refractivity contribution >= 4 is 5.91 Å². The number of pyridine rings is 1. The fourth-order valence-electron chi connectivity index (χ4n) is 3.06. The molecular formula is C17H28N4O2. The average molecular weight is 320 g/mol. The van der Waals surface area contributed by atoms with E-state index in [1.807, 2.05) is 19.1 Å². The lowest BCUT2D eigenvalue weighted by Crippen LogP contribution is -2.46. The standard InChI is InChI=1S/C17H28N4O2/c1-13-9-16(23-2)10-14(20-13)12-21-8-4-3-5-15(21)11-19-17(22)6-7-18/h9-10,15H,3-8,11-12,18H2,1-2H3,(H,19,22). The van der Waals surface area contributed by atoms with Gasteiger partial charge in [-0.15, -0.1) is 0 Å². The zero-order valence-corrected chi connectivity index (χ0v) is 14.2. The van der Waals surface area contributed by atoms with E-state index < -0.39 is 0 Å². The largest absolute Gasteiger partial charge is 0.497 e. The number of aryl methyl sites for hydroxylation is 1. The zero-order chi connectivity index (χ0) is 16.7. The number of carbonyl (C=O) groups excluding carboxylic acids is 1. The number of aromatic nitrogens is 1. The lowest BCUT2D eigenvalue weighted by atomic mass is 10.0. The molecule has 2 rings (SSSR count). The van der Waals surface area contributed by atoms with Crippen LogP contribution in [0.4, 0.5) is 0 Å². The molecule has 0 saturated carbocycles. The monoisotopic (exact) mass is 320 g/mol. The second-order valence-electron chi connectivity index (χ2n) is 6.10. The van der Waals surface area contributed by atoms with Crippen LogP contribution in [0.5, 0.6) is 5.75 Å². The van der Waals surface area contributed by atoms with Gasteiger partial charge in [-0.25, -0.2) is 0 Å². The van der Waals surface area contributed by atoms with Crippen LogP contribution >= 0.6 is 0 Å². The number of rotatable bonds is 7. The van der Waals surface area contributed by atoms with Gasteiger partial charge in [-0.2, -0.15) is 0 Å². The molecule has 3 N–H and O–H groups in total. The molecule has 23 heavy (non-hydrogen) atoms. The Bertz CT molecular complexity index is 521. The third-order valence-corrected chi connectivity index (χ3v) is 4.24. The van der Waals surface area contributed by atoms with E-state index in [1.54, 1.807) is 7.11 Å². The smallest absolute Gasteiger partial charge is 0.221 e. The Labute approximate surface area is 138 Å². The van der Waals surface area contributed by atoms with Crippen molar-refractivity contribution in [3.63, 3.8) is 0 Å². The van der Waals surface area contributed by atoms with Crippen LogP contribution in [0.1, 0.15) is 37.1 Å². The molecule has 0 spiro atoms. The van der Waals surface area contributed by atoms with Crippen molar-refractivity contribution in [2.45, 2.75) is 45.2 Å². The van der Waals surface area contributed by atoms with Crippen molar-refractivity contribution in [3.05, 3.63) is 23.5 Å². The van der Waals surface area contributed by atoms with Gasteiger partial charge in [0, 0.05) is 49.9 Å². The summed E-state index contributed by atoms with van der Waals surface area (Å²) in [5, 5.41) is 3.00. The first-order valence-electron chi connectivity index (χ1n) is 8.34. The number of hydrogen-bond donors (Lipinski definition) is 2. The van der Waals surface area contributed by atoms with E-state index in [4.69, 9.17) is 10.5 Å². The summed E-state index contributed by atoms with van der Waals surface area (Å²) in [4.78, 5) is 18.7. The molecule has 1 amide bonds. The van der Waals surface area contributed by atoms with Crippen LogP contribution in [0.25, 0.3) is 0 Å². The van der Waals surface area contributed by atoms with Gasteiger partial charge < -0.3 is 15.8 Å². The van der Waals surface area contributed by atoms with E-state index in [0.29, 0.717) is 25.6 Å². The number of carbonyl (C=O) groups is 1. The van der Waals surface area contributed by atoms with E-state index in [0.717, 1.165) is 36.6 Å². The number of nitrogens with zero attached hydrogens (tertiary/aromatic N) is 2. The molecule has 1 aromatic rings. The van der Waals surface area contributed by atoms with Crippen molar-refractivity contribution in [1.82, 2.24) is 15.2 Å². The summed E-state index contributed by atoms with van der Waals surface area (Å²) >= 11 is 0. The molecule has 0 aliphatic carbocycles. The molecule has 6 heteroatoms. The second-order valence-corrected chi connectivity index (χ2v) is 6.10. The lowest BCUT2D eigenvalue weighted by molar-refractivity contribution is -0.121. The van der Waals surface area contributed by atoms with E-state index in [-0.39, 0.29) is 5.91 Å². The highest BCUT2D eigenvalue weighted by molar-refractivity contribution is 5.76. The van der Waals surface area contributed by atoms with Crippen molar-refractivity contribution < 1.29 is 9.53 Å². The normalized spacial score (nSPS) is 18.7. The number of amides is 1. The first-order chi connectivity index (χ1) is 11.1. The highest BCUT2D eigenvalue weighted by Crippen LogP contribution is 2.21. The summed E-state index contributed by atoms with van der Waals surface area (Å²) in [6.07, 6.45) is 3.89. The Morgan fingerprint density at radius 2 is 2.30 bits per heavy atom. The molecule has 0 bridgehead atoms. The summed E-state index contributed by atoms with van der Waals surface area (Å²) in [6.45, 7) is 4.88. The van der Waals surface area contributed by atoms with Crippen LogP contribution < -0.4 is 15.8 Å². The number of piperidine rings is 1. The van der Waals surface area contributed by atoms with Gasteiger partial charge in [0.25, 0.3) is 0 Å². The number of nitrogens with one attached hydrogen (secondary N) is 1. The molecule has 128 valence electrons. The Kier molecular flexibility index (Phi) is 6.80. The van der Waals surface area contributed by atoms with Crippen molar-refractivity contribution in [3.8, 4) is 5.75 Å². The van der Waals surface area contributed by atoms with Crippen molar-refractivity contribution in [2.75, 3.05) is 26.7 Å². The minimum atomic E-state index is 0.0355. The van der Waals surface area contributed by atoms with Crippen LogP contribution in [0.15, 0.2) is 12.1 Å². The van der Waals surface area contributed by atoms with Gasteiger partial charge >= 0.3 is 0 Å². The number of hydrogen-bond acceptors (Lipinski definition) is 5. The first kappa shape index (κ1) is 17.7. The maximum Gasteiger partial charge on any atom is 0.221 e. The van der Waals surface area contributed by atoms with E-state index >= 15 is 0 Å². The predicted octanol–water partition coefficient (Wildman–Crippen LogP) is 1.22. The van der Waals surface area contributed by atoms with Gasteiger partial charge in [-0.3, -0.25) is 14.7 Å². The number of ether oxygens (including phenoxy) is 1. The molecular weight excluding hydrogens is 292 g/mol. The minimum Gasteiger partial charge on any atom is -0.497 e. The summed E-state index contributed by atoms with van der Waals surface area (Å²) in [5.74, 6) is 0.880. The molecule has 1 aromatic heterocycles. The third-order valence-electron chi connectivity index (χ3n) is 4.24. The Balaban J connectivity index is 1.98. The molecule has 0 radical (unpaired) electrons. The Morgan fingerprint density at radius 1 is 1.48 bits per heavy atom. The maximum atomic E-state index is 11.6. The van der Waals surface area contributed by atoms with E-state index in [9.17, 15) is 4.79 Å². The van der Waals surface area contributed by atoms with Crippen LogP contribution in [0, 0.1) is 6.92 Å². The number of likely N-dealkylation sites (tertiary alicyclic amines) is 1. The topological polar surface area (TPSA) is 80.5 Å². The highest BCUT2D eigenvalue weighted by atomic mass is 16.5. The zero-order valence-electron chi connectivity index (χ0n) is 14.2. The molecule has 1 aliphatic rings. The Hall–Kier alpha value is -1.66. The first-order valence-corrected chi connectivity index (χ1v) is 8.34. The highest BCUT2D eigenvalue weighted by Gasteiger charge is 2.23. The van der Waals surface area contributed by atoms with Gasteiger partial charge in [0.1, 0.15) is 5.75 Å². The molecule has 1 unspecified atom stereocenters. The SMILES string of the molecule is COc1cc(C)nc(CN2CCCCC2CNC(=O)CCN)c1. The fraction of sp³-hybridized carbons (Fsp3) is 0.647. The molecule has 1 atom stereocenters.